The molecular weight excluding hydrogens is 134 g/mol. The molecule has 0 amide bonds. The molecule has 0 spiro atoms. The van der Waals surface area contributed by atoms with Crippen LogP contribution in [0.1, 0.15) is 20.8 Å². The van der Waals surface area contributed by atoms with Crippen LogP contribution in [-0.4, -0.2) is 23.2 Å². The molecule has 0 aliphatic rings. The van der Waals surface area contributed by atoms with E-state index in [9.17, 15) is 4.79 Å². The Bertz CT molecular complexity index is 117. The lowest BCUT2D eigenvalue weighted by Gasteiger charge is -2.18. The number of hydrogen-bond acceptors (Lipinski definition) is 3. The highest BCUT2D eigenvalue weighted by molar-refractivity contribution is 5.67. The van der Waals surface area contributed by atoms with Gasteiger partial charge in [0.05, 0.1) is 0 Å². The lowest BCUT2D eigenvalue weighted by atomic mass is 10.1. The Morgan fingerprint density at radius 2 is 2.10 bits per heavy atom. The summed E-state index contributed by atoms with van der Waals surface area (Å²) >= 11 is 0. The zero-order chi connectivity index (χ0) is 8.20. The summed E-state index contributed by atoms with van der Waals surface area (Å²) in [6.45, 7) is 5.34. The van der Waals surface area contributed by atoms with Crippen molar-refractivity contribution in [1.82, 2.24) is 5.48 Å². The summed E-state index contributed by atoms with van der Waals surface area (Å²) in [6.07, 6.45) is 0. The summed E-state index contributed by atoms with van der Waals surface area (Å²) in [4.78, 5) is 14.5. The smallest absolute Gasteiger partial charge is 0.331 e. The summed E-state index contributed by atoms with van der Waals surface area (Å²) in [7, 11) is 0. The van der Waals surface area contributed by atoms with Crippen molar-refractivity contribution in [2.24, 2.45) is 0 Å². The van der Waals surface area contributed by atoms with Crippen molar-refractivity contribution in [1.29, 1.82) is 0 Å². The maximum absolute atomic E-state index is 9.92. The van der Waals surface area contributed by atoms with Crippen molar-refractivity contribution in [2.45, 2.75) is 26.3 Å². The Kier molecular flexibility index (Phi) is 3.32. The first-order chi connectivity index (χ1) is 4.42. The van der Waals surface area contributed by atoms with Crippen molar-refractivity contribution in [3.05, 3.63) is 0 Å². The van der Waals surface area contributed by atoms with Gasteiger partial charge in [-0.05, 0) is 20.8 Å². The zero-order valence-corrected chi connectivity index (χ0v) is 6.47. The minimum atomic E-state index is -0.975. The highest BCUT2D eigenvalue weighted by Crippen LogP contribution is 1.96. The molecule has 0 atom stereocenters. The largest absolute Gasteiger partial charge is 0.479 e. The lowest BCUT2D eigenvalue weighted by molar-refractivity contribution is -0.146. The molecule has 0 aromatic heterocycles. The molecule has 0 aromatic rings. The van der Waals surface area contributed by atoms with Gasteiger partial charge in [-0.2, -0.15) is 5.48 Å². The third-order valence-corrected chi connectivity index (χ3v) is 0.574. The standard InChI is InChI=1S/C6H13NO3/c1-6(2,3)7-10-4-5(8)9/h7H,4H2,1-3H3,(H,8,9). The fourth-order valence-electron chi connectivity index (χ4n) is 0.314. The predicted octanol–water partition coefficient (Wildman–Crippen LogP) is 0.391. The van der Waals surface area contributed by atoms with Crippen molar-refractivity contribution >= 4 is 5.97 Å². The molecule has 0 radical (unpaired) electrons. The number of rotatable bonds is 3. The van der Waals surface area contributed by atoms with Gasteiger partial charge >= 0.3 is 5.97 Å². The van der Waals surface area contributed by atoms with Gasteiger partial charge in [-0.15, -0.1) is 0 Å². The molecule has 10 heavy (non-hydrogen) atoms. The zero-order valence-electron chi connectivity index (χ0n) is 6.47. The van der Waals surface area contributed by atoms with Crippen LogP contribution in [0.2, 0.25) is 0 Å². The van der Waals surface area contributed by atoms with Gasteiger partial charge in [0.1, 0.15) is 0 Å². The van der Waals surface area contributed by atoms with E-state index in [1.165, 1.54) is 0 Å². The summed E-state index contributed by atoms with van der Waals surface area (Å²) in [5.74, 6) is -0.975. The van der Waals surface area contributed by atoms with E-state index in [0.717, 1.165) is 0 Å². The highest BCUT2D eigenvalue weighted by atomic mass is 16.7. The molecular formula is C6H13NO3. The second-order valence-electron chi connectivity index (χ2n) is 3.03. The van der Waals surface area contributed by atoms with E-state index in [1.54, 1.807) is 0 Å². The van der Waals surface area contributed by atoms with Gasteiger partial charge in [-0.1, -0.05) is 0 Å². The number of nitrogens with one attached hydrogen (secondary N) is 1. The Balaban J connectivity index is 3.29. The fourth-order valence-corrected chi connectivity index (χ4v) is 0.314. The number of hydrogen-bond donors (Lipinski definition) is 2. The molecule has 0 rings (SSSR count). The van der Waals surface area contributed by atoms with Crippen molar-refractivity contribution in [3.8, 4) is 0 Å². The van der Waals surface area contributed by atoms with E-state index in [-0.39, 0.29) is 12.1 Å². The first-order valence-corrected chi connectivity index (χ1v) is 3.02. The van der Waals surface area contributed by atoms with Crippen LogP contribution < -0.4 is 5.48 Å². The maximum atomic E-state index is 9.92. The Morgan fingerprint density at radius 1 is 1.60 bits per heavy atom. The van der Waals surface area contributed by atoms with Gasteiger partial charge in [0.15, 0.2) is 6.61 Å². The normalized spacial score (nSPS) is 11.5. The minimum Gasteiger partial charge on any atom is -0.479 e. The Morgan fingerprint density at radius 3 is 2.40 bits per heavy atom. The Hall–Kier alpha value is -0.610. The average Bonchev–Trinajstić information content (AvgIpc) is 1.59. The lowest BCUT2D eigenvalue weighted by Crippen LogP contribution is -2.37. The molecule has 0 heterocycles. The van der Waals surface area contributed by atoms with E-state index in [1.807, 2.05) is 20.8 Å². The predicted molar refractivity (Wildman–Crippen MR) is 36.5 cm³/mol. The third-order valence-electron chi connectivity index (χ3n) is 0.574. The van der Waals surface area contributed by atoms with Crippen LogP contribution in [0, 0.1) is 0 Å². The van der Waals surface area contributed by atoms with Crippen LogP contribution in [0.25, 0.3) is 0 Å². The molecule has 2 N–H and O–H groups in total. The number of carboxylic acids is 1. The molecule has 0 saturated carbocycles. The van der Waals surface area contributed by atoms with Gasteiger partial charge in [-0.3, -0.25) is 4.84 Å². The summed E-state index contributed by atoms with van der Waals surface area (Å²) in [5.41, 5.74) is 2.37. The second-order valence-corrected chi connectivity index (χ2v) is 3.03. The molecule has 0 fully saturated rings. The quantitative estimate of drug-likeness (QED) is 0.567. The molecule has 4 nitrogen and oxygen atoms in total. The molecule has 0 bridgehead atoms. The minimum absolute atomic E-state index is 0.199. The molecule has 4 heteroatoms. The van der Waals surface area contributed by atoms with E-state index in [0.29, 0.717) is 0 Å². The van der Waals surface area contributed by atoms with Crippen molar-refractivity contribution in [3.63, 3.8) is 0 Å². The molecule has 0 aliphatic heterocycles. The average molecular weight is 147 g/mol. The van der Waals surface area contributed by atoms with E-state index >= 15 is 0 Å². The Labute approximate surface area is 60.1 Å². The SMILES string of the molecule is CC(C)(C)NOCC(=O)O. The highest BCUT2D eigenvalue weighted by Gasteiger charge is 2.09. The summed E-state index contributed by atoms with van der Waals surface area (Å²) in [5, 5.41) is 8.15. The van der Waals surface area contributed by atoms with Crippen LogP contribution >= 0.6 is 0 Å². The van der Waals surface area contributed by atoms with Crippen LogP contribution in [0.5, 0.6) is 0 Å². The first kappa shape index (κ1) is 9.39. The van der Waals surface area contributed by atoms with Crippen LogP contribution in [0.15, 0.2) is 0 Å². The molecule has 0 saturated heterocycles. The van der Waals surface area contributed by atoms with Gasteiger partial charge in [0.2, 0.25) is 0 Å². The number of hydroxylamine groups is 1. The van der Waals surface area contributed by atoms with E-state index < -0.39 is 5.97 Å². The van der Waals surface area contributed by atoms with Crippen molar-refractivity contribution < 1.29 is 14.7 Å². The van der Waals surface area contributed by atoms with E-state index in [4.69, 9.17) is 5.11 Å². The summed E-state index contributed by atoms with van der Waals surface area (Å²) < 4.78 is 0. The second kappa shape index (κ2) is 3.53. The van der Waals surface area contributed by atoms with Crippen LogP contribution in [0.4, 0.5) is 0 Å². The van der Waals surface area contributed by atoms with Gasteiger partial charge in [0.25, 0.3) is 0 Å². The number of carboxylic acid groups (broad SMARTS) is 1. The van der Waals surface area contributed by atoms with Gasteiger partial charge < -0.3 is 5.11 Å². The fraction of sp³-hybridized carbons (Fsp3) is 0.833. The molecule has 0 aliphatic carbocycles. The molecule has 0 aromatic carbocycles. The van der Waals surface area contributed by atoms with Crippen molar-refractivity contribution in [2.75, 3.05) is 6.61 Å². The third kappa shape index (κ3) is 7.39. The van der Waals surface area contributed by atoms with Gasteiger partial charge in [-0.25, -0.2) is 4.79 Å². The maximum Gasteiger partial charge on any atom is 0.331 e. The van der Waals surface area contributed by atoms with Crippen LogP contribution in [-0.2, 0) is 9.63 Å². The first-order valence-electron chi connectivity index (χ1n) is 3.02. The monoisotopic (exact) mass is 147 g/mol. The topological polar surface area (TPSA) is 58.6 Å². The van der Waals surface area contributed by atoms with E-state index in [2.05, 4.69) is 10.3 Å². The summed E-state index contributed by atoms with van der Waals surface area (Å²) in [6, 6.07) is 0. The molecule has 0 unspecified atom stereocenters. The molecule has 60 valence electrons. The van der Waals surface area contributed by atoms with Gasteiger partial charge in [0, 0.05) is 5.54 Å². The number of carbonyl (C=O) groups is 1. The number of aliphatic carboxylic acids is 1. The van der Waals surface area contributed by atoms with Crippen LogP contribution in [0.3, 0.4) is 0 Å².